The Morgan fingerprint density at radius 2 is 2.21 bits per heavy atom. The smallest absolute Gasteiger partial charge is 0.213 e. The molecule has 1 aromatic heterocycles. The zero-order valence-corrected chi connectivity index (χ0v) is 9.29. The number of halogens is 1. The summed E-state index contributed by atoms with van der Waals surface area (Å²) in [5.41, 5.74) is 0.842. The van der Waals surface area contributed by atoms with E-state index in [-0.39, 0.29) is 0 Å². The molecule has 0 spiro atoms. The second-order valence-electron chi connectivity index (χ2n) is 3.25. The summed E-state index contributed by atoms with van der Waals surface area (Å²) in [6.07, 6.45) is 0. The minimum atomic E-state index is 0.422. The highest BCUT2D eigenvalue weighted by atomic mass is 35.5. The van der Waals surface area contributed by atoms with E-state index in [0.29, 0.717) is 18.4 Å². The summed E-state index contributed by atoms with van der Waals surface area (Å²) >= 11 is 5.66. The Bertz CT molecular complexity index is 279. The molecule has 0 fully saturated rings. The molecule has 0 saturated heterocycles. The van der Waals surface area contributed by atoms with Gasteiger partial charge in [0.05, 0.1) is 11.6 Å². The summed E-state index contributed by atoms with van der Waals surface area (Å²) in [7, 11) is 4.01. The van der Waals surface area contributed by atoms with Gasteiger partial charge in [0.1, 0.15) is 6.61 Å². The van der Waals surface area contributed by atoms with Gasteiger partial charge in [-0.15, -0.1) is 11.6 Å². The first-order chi connectivity index (χ1) is 6.72. The summed E-state index contributed by atoms with van der Waals surface area (Å²) < 4.78 is 5.45. The Morgan fingerprint density at radius 1 is 1.43 bits per heavy atom. The fraction of sp³-hybridized carbons (Fsp3) is 0.500. The molecule has 1 aromatic rings. The quantitative estimate of drug-likeness (QED) is 0.699. The van der Waals surface area contributed by atoms with Crippen LogP contribution in [0.2, 0.25) is 0 Å². The highest BCUT2D eigenvalue weighted by Crippen LogP contribution is 2.08. The van der Waals surface area contributed by atoms with Gasteiger partial charge in [0.2, 0.25) is 5.88 Å². The number of rotatable bonds is 5. The number of nitrogens with zero attached hydrogens (tertiary/aromatic N) is 2. The zero-order valence-electron chi connectivity index (χ0n) is 8.53. The number of aromatic nitrogens is 1. The minimum Gasteiger partial charge on any atom is -0.476 e. The molecule has 78 valence electrons. The van der Waals surface area contributed by atoms with E-state index < -0.39 is 0 Å². The van der Waals surface area contributed by atoms with E-state index in [4.69, 9.17) is 16.3 Å². The van der Waals surface area contributed by atoms with Gasteiger partial charge in [-0.2, -0.15) is 0 Å². The van der Waals surface area contributed by atoms with Crippen LogP contribution in [0.3, 0.4) is 0 Å². The van der Waals surface area contributed by atoms with Crippen molar-refractivity contribution in [3.8, 4) is 5.88 Å². The molecular formula is C10H15ClN2O. The Kier molecular flexibility index (Phi) is 4.70. The molecule has 0 N–H and O–H groups in total. The Hall–Kier alpha value is -0.800. The first kappa shape index (κ1) is 11.3. The molecule has 0 aromatic carbocycles. The van der Waals surface area contributed by atoms with Crippen molar-refractivity contribution in [2.24, 2.45) is 0 Å². The van der Waals surface area contributed by atoms with Crippen molar-refractivity contribution in [1.29, 1.82) is 0 Å². The van der Waals surface area contributed by atoms with Crippen LogP contribution < -0.4 is 4.74 Å². The van der Waals surface area contributed by atoms with Gasteiger partial charge in [0, 0.05) is 12.6 Å². The van der Waals surface area contributed by atoms with Crippen molar-refractivity contribution in [3.63, 3.8) is 0 Å². The third-order valence-corrected chi connectivity index (χ3v) is 1.98. The molecule has 4 heteroatoms. The Labute approximate surface area is 89.7 Å². The van der Waals surface area contributed by atoms with Gasteiger partial charge in [0.25, 0.3) is 0 Å². The van der Waals surface area contributed by atoms with E-state index in [1.165, 1.54) is 0 Å². The van der Waals surface area contributed by atoms with Crippen LogP contribution in [0, 0.1) is 0 Å². The topological polar surface area (TPSA) is 25.4 Å². The predicted molar refractivity (Wildman–Crippen MR) is 57.8 cm³/mol. The van der Waals surface area contributed by atoms with E-state index in [1.807, 2.05) is 32.3 Å². The molecule has 3 nitrogen and oxygen atoms in total. The third-order valence-electron chi connectivity index (χ3n) is 1.71. The van der Waals surface area contributed by atoms with E-state index >= 15 is 0 Å². The van der Waals surface area contributed by atoms with Crippen LogP contribution in [-0.2, 0) is 5.88 Å². The fourth-order valence-electron chi connectivity index (χ4n) is 0.945. The highest BCUT2D eigenvalue weighted by molar-refractivity contribution is 6.16. The monoisotopic (exact) mass is 214 g/mol. The van der Waals surface area contributed by atoms with Crippen LogP contribution in [0.1, 0.15) is 5.69 Å². The van der Waals surface area contributed by atoms with Gasteiger partial charge < -0.3 is 9.64 Å². The van der Waals surface area contributed by atoms with Crippen molar-refractivity contribution in [2.75, 3.05) is 27.2 Å². The van der Waals surface area contributed by atoms with Crippen LogP contribution in [-0.4, -0.2) is 37.1 Å². The number of pyridine rings is 1. The molecular weight excluding hydrogens is 200 g/mol. The highest BCUT2D eigenvalue weighted by Gasteiger charge is 1.97. The second-order valence-corrected chi connectivity index (χ2v) is 3.52. The molecule has 0 aliphatic rings. The lowest BCUT2D eigenvalue weighted by molar-refractivity contribution is 0.253. The zero-order chi connectivity index (χ0) is 10.4. The third kappa shape index (κ3) is 3.94. The van der Waals surface area contributed by atoms with Gasteiger partial charge in [0.15, 0.2) is 0 Å². The average molecular weight is 215 g/mol. The van der Waals surface area contributed by atoms with Crippen LogP contribution in [0.15, 0.2) is 18.2 Å². The molecule has 0 aliphatic heterocycles. The van der Waals surface area contributed by atoms with E-state index in [9.17, 15) is 0 Å². The summed E-state index contributed by atoms with van der Waals surface area (Å²) in [5.74, 6) is 1.07. The summed E-state index contributed by atoms with van der Waals surface area (Å²) in [6, 6.07) is 5.62. The first-order valence-corrected chi connectivity index (χ1v) is 5.05. The lowest BCUT2D eigenvalue weighted by atomic mass is 10.4. The van der Waals surface area contributed by atoms with E-state index in [2.05, 4.69) is 9.88 Å². The minimum absolute atomic E-state index is 0.422. The summed E-state index contributed by atoms with van der Waals surface area (Å²) in [4.78, 5) is 6.28. The molecule has 0 bridgehead atoms. The molecule has 14 heavy (non-hydrogen) atoms. The van der Waals surface area contributed by atoms with Gasteiger partial charge in [-0.3, -0.25) is 0 Å². The van der Waals surface area contributed by atoms with Crippen molar-refractivity contribution in [1.82, 2.24) is 9.88 Å². The maximum Gasteiger partial charge on any atom is 0.213 e. The number of ether oxygens (including phenoxy) is 1. The second kappa shape index (κ2) is 5.83. The maximum absolute atomic E-state index is 5.66. The van der Waals surface area contributed by atoms with Gasteiger partial charge in [-0.25, -0.2) is 4.98 Å². The van der Waals surface area contributed by atoms with Crippen molar-refractivity contribution < 1.29 is 4.74 Å². The maximum atomic E-state index is 5.66. The molecule has 1 heterocycles. The predicted octanol–water partition coefficient (Wildman–Crippen LogP) is 1.76. The van der Waals surface area contributed by atoms with Crippen molar-refractivity contribution in [2.45, 2.75) is 5.88 Å². The lowest BCUT2D eigenvalue weighted by Gasteiger charge is -2.10. The van der Waals surface area contributed by atoms with Gasteiger partial charge >= 0.3 is 0 Å². The van der Waals surface area contributed by atoms with Crippen LogP contribution >= 0.6 is 11.6 Å². The number of alkyl halides is 1. The largest absolute Gasteiger partial charge is 0.476 e. The Balaban J connectivity index is 2.42. The molecule has 0 aliphatic carbocycles. The standard InChI is InChI=1S/C10H15ClN2O/c1-13(2)6-7-14-10-5-3-4-9(8-11)12-10/h3-5H,6-8H2,1-2H3. The molecule has 0 atom stereocenters. The van der Waals surface area contributed by atoms with Crippen LogP contribution in [0.4, 0.5) is 0 Å². The number of hydrogen-bond acceptors (Lipinski definition) is 3. The van der Waals surface area contributed by atoms with Crippen LogP contribution in [0.25, 0.3) is 0 Å². The summed E-state index contributed by atoms with van der Waals surface area (Å²) in [5, 5.41) is 0. The van der Waals surface area contributed by atoms with Gasteiger partial charge in [-0.05, 0) is 20.2 Å². The molecule has 0 amide bonds. The van der Waals surface area contributed by atoms with E-state index in [0.717, 1.165) is 12.2 Å². The van der Waals surface area contributed by atoms with Gasteiger partial charge in [-0.1, -0.05) is 6.07 Å². The fourth-order valence-corrected chi connectivity index (χ4v) is 1.09. The first-order valence-electron chi connectivity index (χ1n) is 4.52. The molecule has 1 rings (SSSR count). The summed E-state index contributed by atoms with van der Waals surface area (Å²) in [6.45, 7) is 1.53. The Morgan fingerprint density at radius 3 is 2.86 bits per heavy atom. The van der Waals surface area contributed by atoms with Crippen molar-refractivity contribution in [3.05, 3.63) is 23.9 Å². The SMILES string of the molecule is CN(C)CCOc1cccc(CCl)n1. The van der Waals surface area contributed by atoms with E-state index in [1.54, 1.807) is 0 Å². The lowest BCUT2D eigenvalue weighted by Crippen LogP contribution is -2.19. The average Bonchev–Trinajstić information content (AvgIpc) is 2.18. The molecule has 0 saturated carbocycles. The number of likely N-dealkylation sites (N-methyl/N-ethyl adjacent to an activating group) is 1. The number of hydrogen-bond donors (Lipinski definition) is 0. The molecule has 0 unspecified atom stereocenters. The molecule has 0 radical (unpaired) electrons. The van der Waals surface area contributed by atoms with Crippen molar-refractivity contribution >= 4 is 11.6 Å². The normalized spacial score (nSPS) is 10.6. The van der Waals surface area contributed by atoms with Crippen LogP contribution in [0.5, 0.6) is 5.88 Å².